The summed E-state index contributed by atoms with van der Waals surface area (Å²) in [6, 6.07) is 20.9. The molecule has 0 heterocycles. The van der Waals surface area contributed by atoms with Gasteiger partial charge in [-0.3, -0.25) is 0 Å². The summed E-state index contributed by atoms with van der Waals surface area (Å²) in [5.74, 6) is 0. The van der Waals surface area contributed by atoms with Gasteiger partial charge in [-0.15, -0.1) is 0 Å². The lowest BCUT2D eigenvalue weighted by Crippen LogP contribution is -2.11. The average molecular weight is 371 g/mol. The average Bonchev–Trinajstić information content (AvgIpc) is 2.73. The van der Waals surface area contributed by atoms with Crippen molar-refractivity contribution in [3.63, 3.8) is 0 Å². The van der Waals surface area contributed by atoms with Crippen LogP contribution in [0.15, 0.2) is 60.7 Å². The molecule has 2 atom stereocenters. The van der Waals surface area contributed by atoms with Crippen molar-refractivity contribution in [3.8, 4) is 0 Å². The Labute approximate surface area is 164 Å². The fourth-order valence-electron chi connectivity index (χ4n) is 3.40. The predicted octanol–water partition coefficient (Wildman–Crippen LogP) is 5.59. The Hall–Kier alpha value is -1.68. The number of rotatable bonds is 14. The molecule has 0 aliphatic rings. The number of aliphatic hydroxyl groups excluding tert-OH is 2. The van der Waals surface area contributed by atoms with Crippen molar-refractivity contribution in [2.75, 3.05) is 13.2 Å². The van der Waals surface area contributed by atoms with Gasteiger partial charge in [0.2, 0.25) is 0 Å². The molecular formula is C24H34O3. The minimum Gasteiger partial charge on any atom is -0.396 e. The quantitative estimate of drug-likeness (QED) is 0.426. The maximum atomic E-state index is 9.03. The predicted molar refractivity (Wildman–Crippen MR) is 111 cm³/mol. The van der Waals surface area contributed by atoms with Gasteiger partial charge >= 0.3 is 0 Å². The zero-order valence-corrected chi connectivity index (χ0v) is 16.3. The van der Waals surface area contributed by atoms with Gasteiger partial charge in [-0.25, -0.2) is 0 Å². The zero-order chi connectivity index (χ0) is 19.2. The SMILES string of the molecule is OCCCCCC(OC(CCCCCO)c1ccccc1)c1ccccc1. The molecule has 2 unspecified atom stereocenters. The van der Waals surface area contributed by atoms with Gasteiger partial charge in [0.25, 0.3) is 0 Å². The second-order valence-electron chi connectivity index (χ2n) is 7.08. The molecule has 3 heteroatoms. The third kappa shape index (κ3) is 8.25. The van der Waals surface area contributed by atoms with Crippen LogP contribution in [0.1, 0.15) is 74.7 Å². The number of hydrogen-bond acceptors (Lipinski definition) is 3. The van der Waals surface area contributed by atoms with Gasteiger partial charge in [-0.05, 0) is 36.8 Å². The second-order valence-corrected chi connectivity index (χ2v) is 7.08. The van der Waals surface area contributed by atoms with Gasteiger partial charge in [0.1, 0.15) is 0 Å². The number of benzene rings is 2. The first-order valence-electron chi connectivity index (χ1n) is 10.3. The van der Waals surface area contributed by atoms with Crippen LogP contribution in [0.4, 0.5) is 0 Å². The molecule has 2 aromatic rings. The van der Waals surface area contributed by atoms with Crippen LogP contribution in [0.25, 0.3) is 0 Å². The van der Waals surface area contributed by atoms with Gasteiger partial charge in [0.15, 0.2) is 0 Å². The largest absolute Gasteiger partial charge is 0.396 e. The lowest BCUT2D eigenvalue weighted by molar-refractivity contribution is -0.0265. The standard InChI is InChI=1S/C24H34O3/c25-19-11-3-9-17-23(21-13-5-1-6-14-21)27-24(18-10-4-12-20-26)22-15-7-2-8-16-22/h1-2,5-8,13-16,23-26H,3-4,9-12,17-20H2. The smallest absolute Gasteiger partial charge is 0.0833 e. The molecule has 0 bridgehead atoms. The van der Waals surface area contributed by atoms with Crippen molar-refractivity contribution in [2.45, 2.75) is 63.6 Å². The topological polar surface area (TPSA) is 49.7 Å². The van der Waals surface area contributed by atoms with Gasteiger partial charge in [0, 0.05) is 13.2 Å². The molecule has 2 N–H and O–H groups in total. The summed E-state index contributed by atoms with van der Waals surface area (Å²) in [7, 11) is 0. The van der Waals surface area contributed by atoms with E-state index in [1.54, 1.807) is 0 Å². The molecule has 0 amide bonds. The van der Waals surface area contributed by atoms with Crippen molar-refractivity contribution in [2.24, 2.45) is 0 Å². The van der Waals surface area contributed by atoms with E-state index in [0.29, 0.717) is 0 Å². The van der Waals surface area contributed by atoms with Crippen molar-refractivity contribution in [1.82, 2.24) is 0 Å². The Kier molecular flexibility index (Phi) is 10.8. The van der Waals surface area contributed by atoms with E-state index in [2.05, 4.69) is 48.5 Å². The molecule has 0 saturated carbocycles. The van der Waals surface area contributed by atoms with E-state index in [1.807, 2.05) is 12.1 Å². The molecule has 0 fully saturated rings. The number of unbranched alkanes of at least 4 members (excludes halogenated alkanes) is 4. The molecule has 2 rings (SSSR count). The minimum atomic E-state index is 0.0629. The number of hydrogen-bond donors (Lipinski definition) is 2. The molecular weight excluding hydrogens is 336 g/mol. The molecule has 0 aromatic heterocycles. The highest BCUT2D eigenvalue weighted by Gasteiger charge is 2.19. The minimum absolute atomic E-state index is 0.0629. The highest BCUT2D eigenvalue weighted by molar-refractivity contribution is 5.20. The summed E-state index contributed by atoms with van der Waals surface area (Å²) in [4.78, 5) is 0. The fraction of sp³-hybridized carbons (Fsp3) is 0.500. The number of ether oxygens (including phenoxy) is 1. The van der Waals surface area contributed by atoms with E-state index in [0.717, 1.165) is 51.4 Å². The summed E-state index contributed by atoms with van der Waals surface area (Å²) >= 11 is 0. The van der Waals surface area contributed by atoms with Gasteiger partial charge in [0.05, 0.1) is 12.2 Å². The fourth-order valence-corrected chi connectivity index (χ4v) is 3.40. The van der Waals surface area contributed by atoms with Gasteiger partial charge in [-0.1, -0.05) is 86.3 Å². The van der Waals surface area contributed by atoms with Crippen molar-refractivity contribution < 1.29 is 14.9 Å². The lowest BCUT2D eigenvalue weighted by atomic mass is 9.99. The number of aliphatic hydroxyl groups is 2. The van der Waals surface area contributed by atoms with Crippen molar-refractivity contribution >= 4 is 0 Å². The highest BCUT2D eigenvalue weighted by Crippen LogP contribution is 2.33. The van der Waals surface area contributed by atoms with Crippen molar-refractivity contribution in [3.05, 3.63) is 71.8 Å². The monoisotopic (exact) mass is 370 g/mol. The van der Waals surface area contributed by atoms with Crippen LogP contribution in [0.3, 0.4) is 0 Å². The Balaban J connectivity index is 2.07. The van der Waals surface area contributed by atoms with Crippen LogP contribution in [0.5, 0.6) is 0 Å². The summed E-state index contributed by atoms with van der Waals surface area (Å²) in [6.45, 7) is 0.517. The Bertz CT molecular complexity index is 532. The molecule has 2 aromatic carbocycles. The van der Waals surface area contributed by atoms with Crippen LogP contribution in [-0.2, 0) is 4.74 Å². The van der Waals surface area contributed by atoms with Crippen LogP contribution < -0.4 is 0 Å². The van der Waals surface area contributed by atoms with E-state index >= 15 is 0 Å². The molecule has 0 aliphatic carbocycles. The van der Waals surface area contributed by atoms with Gasteiger partial charge < -0.3 is 14.9 Å². The molecule has 0 aliphatic heterocycles. The van der Waals surface area contributed by atoms with Crippen LogP contribution in [0.2, 0.25) is 0 Å². The Morgan fingerprint density at radius 2 is 0.963 bits per heavy atom. The van der Waals surface area contributed by atoms with E-state index in [9.17, 15) is 0 Å². The third-order valence-corrected chi connectivity index (χ3v) is 4.92. The molecule has 0 radical (unpaired) electrons. The molecule has 3 nitrogen and oxygen atoms in total. The van der Waals surface area contributed by atoms with E-state index in [4.69, 9.17) is 14.9 Å². The van der Waals surface area contributed by atoms with E-state index in [1.165, 1.54) is 11.1 Å². The zero-order valence-electron chi connectivity index (χ0n) is 16.3. The summed E-state index contributed by atoms with van der Waals surface area (Å²) in [5, 5.41) is 18.1. The Morgan fingerprint density at radius 3 is 1.33 bits per heavy atom. The first kappa shape index (κ1) is 21.6. The molecule has 148 valence electrons. The first-order valence-corrected chi connectivity index (χ1v) is 10.3. The van der Waals surface area contributed by atoms with Crippen molar-refractivity contribution in [1.29, 1.82) is 0 Å². The highest BCUT2D eigenvalue weighted by atomic mass is 16.5. The second kappa shape index (κ2) is 13.5. The maximum Gasteiger partial charge on any atom is 0.0833 e. The summed E-state index contributed by atoms with van der Waals surface area (Å²) in [6.07, 6.45) is 7.90. The molecule has 0 spiro atoms. The first-order chi connectivity index (χ1) is 13.3. The van der Waals surface area contributed by atoms with Gasteiger partial charge in [-0.2, -0.15) is 0 Å². The third-order valence-electron chi connectivity index (χ3n) is 4.92. The van der Waals surface area contributed by atoms with Crippen LogP contribution in [0, 0.1) is 0 Å². The summed E-state index contributed by atoms with van der Waals surface area (Å²) < 4.78 is 6.66. The van der Waals surface area contributed by atoms with E-state index in [-0.39, 0.29) is 25.4 Å². The van der Waals surface area contributed by atoms with E-state index < -0.39 is 0 Å². The lowest BCUT2D eigenvalue weighted by Gasteiger charge is -2.26. The molecule has 0 saturated heterocycles. The maximum absolute atomic E-state index is 9.03. The van der Waals surface area contributed by atoms with Crippen LogP contribution in [-0.4, -0.2) is 23.4 Å². The molecule has 27 heavy (non-hydrogen) atoms. The van der Waals surface area contributed by atoms with Crippen LogP contribution >= 0.6 is 0 Å². The Morgan fingerprint density at radius 1 is 0.556 bits per heavy atom. The normalized spacial score (nSPS) is 13.4. The summed E-state index contributed by atoms with van der Waals surface area (Å²) in [5.41, 5.74) is 2.44.